The largest absolute Gasteiger partial charge is 0.339 e. The van der Waals surface area contributed by atoms with E-state index in [2.05, 4.69) is 20.6 Å². The second kappa shape index (κ2) is 7.06. The van der Waals surface area contributed by atoms with E-state index < -0.39 is 5.91 Å². The third kappa shape index (κ3) is 3.85. The summed E-state index contributed by atoms with van der Waals surface area (Å²) in [7, 11) is 0. The summed E-state index contributed by atoms with van der Waals surface area (Å²) in [5.41, 5.74) is 1.31. The minimum absolute atomic E-state index is 0.170. The van der Waals surface area contributed by atoms with E-state index in [4.69, 9.17) is 11.6 Å². The van der Waals surface area contributed by atoms with Crippen LogP contribution >= 0.6 is 11.6 Å². The van der Waals surface area contributed by atoms with Gasteiger partial charge in [0.05, 0.1) is 10.7 Å². The maximum Gasteiger partial charge on any atom is 0.274 e. The zero-order valence-corrected chi connectivity index (χ0v) is 13.1. The summed E-state index contributed by atoms with van der Waals surface area (Å²) in [4.78, 5) is 20.2. The lowest BCUT2D eigenvalue weighted by Crippen LogP contribution is -2.14. The van der Waals surface area contributed by atoms with Gasteiger partial charge < -0.3 is 10.6 Å². The van der Waals surface area contributed by atoms with Crippen LogP contribution in [-0.2, 0) is 0 Å². The fourth-order valence-electron chi connectivity index (χ4n) is 1.98. The lowest BCUT2D eigenvalue weighted by Gasteiger charge is -2.09. The summed E-state index contributed by atoms with van der Waals surface area (Å²) in [6.07, 6.45) is 1.28. The van der Waals surface area contributed by atoms with Crippen molar-refractivity contribution in [1.82, 2.24) is 9.97 Å². The number of rotatable bonds is 4. The van der Waals surface area contributed by atoms with Crippen LogP contribution in [0, 0.1) is 5.82 Å². The van der Waals surface area contributed by atoms with E-state index in [1.165, 1.54) is 36.7 Å². The van der Waals surface area contributed by atoms with E-state index in [1.807, 2.05) is 12.1 Å². The van der Waals surface area contributed by atoms with Crippen molar-refractivity contribution >= 4 is 34.7 Å². The Labute approximate surface area is 142 Å². The quantitative estimate of drug-likeness (QED) is 0.743. The van der Waals surface area contributed by atoms with Gasteiger partial charge in [-0.2, -0.15) is 0 Å². The minimum Gasteiger partial charge on any atom is -0.339 e. The van der Waals surface area contributed by atoms with Crippen molar-refractivity contribution in [1.29, 1.82) is 0 Å². The third-order valence-corrected chi connectivity index (χ3v) is 3.47. The molecule has 0 fully saturated rings. The van der Waals surface area contributed by atoms with Crippen LogP contribution in [0.3, 0.4) is 0 Å². The Kier molecular flexibility index (Phi) is 4.67. The molecule has 0 bridgehead atoms. The van der Waals surface area contributed by atoms with Crippen LogP contribution in [0.5, 0.6) is 0 Å². The van der Waals surface area contributed by atoms with Crippen molar-refractivity contribution in [2.45, 2.75) is 0 Å². The molecule has 24 heavy (non-hydrogen) atoms. The zero-order chi connectivity index (χ0) is 16.9. The number of benzene rings is 2. The van der Waals surface area contributed by atoms with E-state index in [1.54, 1.807) is 12.1 Å². The Balaban J connectivity index is 1.76. The molecule has 5 nitrogen and oxygen atoms in total. The van der Waals surface area contributed by atoms with E-state index in [-0.39, 0.29) is 11.5 Å². The van der Waals surface area contributed by atoms with Gasteiger partial charge in [0, 0.05) is 11.8 Å². The number of carbonyl (C=O) groups excluding carboxylic acids is 1. The molecule has 0 saturated heterocycles. The summed E-state index contributed by atoms with van der Waals surface area (Å²) in [5, 5.41) is 6.20. The normalized spacial score (nSPS) is 10.2. The number of halogens is 2. The summed E-state index contributed by atoms with van der Waals surface area (Å²) in [5.74, 6) is -0.366. The smallest absolute Gasteiger partial charge is 0.274 e. The van der Waals surface area contributed by atoms with Crippen LogP contribution in [0.15, 0.2) is 60.9 Å². The Bertz CT molecular complexity index is 870. The molecule has 2 N–H and O–H groups in total. The molecule has 0 aliphatic carbocycles. The number of amides is 1. The molecular weight excluding hydrogens is 331 g/mol. The molecule has 120 valence electrons. The highest BCUT2D eigenvalue weighted by Gasteiger charge is 2.10. The standard InChI is InChI=1S/C17H12ClFN4O/c18-13-3-1-2-4-14(13)23-16-9-15(20-10-21-16)17(24)22-12-7-5-11(19)6-8-12/h1-10H,(H,22,24)(H,20,21,23). The average Bonchev–Trinajstić information content (AvgIpc) is 2.59. The van der Waals surface area contributed by atoms with Gasteiger partial charge in [-0.15, -0.1) is 0 Å². The molecule has 3 aromatic rings. The SMILES string of the molecule is O=C(Nc1ccc(F)cc1)c1cc(Nc2ccccc2Cl)ncn1. The van der Waals surface area contributed by atoms with E-state index >= 15 is 0 Å². The Hall–Kier alpha value is -2.99. The molecule has 0 radical (unpaired) electrons. The molecule has 0 spiro atoms. The second-order valence-electron chi connectivity index (χ2n) is 4.85. The van der Waals surface area contributed by atoms with Gasteiger partial charge in [-0.05, 0) is 36.4 Å². The van der Waals surface area contributed by atoms with Crippen molar-refractivity contribution in [3.63, 3.8) is 0 Å². The fourth-order valence-corrected chi connectivity index (χ4v) is 2.16. The molecule has 0 atom stereocenters. The highest BCUT2D eigenvalue weighted by Crippen LogP contribution is 2.23. The molecule has 1 heterocycles. The summed E-state index contributed by atoms with van der Waals surface area (Å²) < 4.78 is 12.9. The van der Waals surface area contributed by atoms with E-state index in [9.17, 15) is 9.18 Å². The number of nitrogens with zero attached hydrogens (tertiary/aromatic N) is 2. The van der Waals surface area contributed by atoms with Crippen LogP contribution in [0.2, 0.25) is 5.02 Å². The van der Waals surface area contributed by atoms with E-state index in [0.717, 1.165) is 0 Å². The highest BCUT2D eigenvalue weighted by atomic mass is 35.5. The molecule has 7 heteroatoms. The van der Waals surface area contributed by atoms with Gasteiger partial charge in [-0.25, -0.2) is 14.4 Å². The van der Waals surface area contributed by atoms with Gasteiger partial charge in [0.2, 0.25) is 0 Å². The monoisotopic (exact) mass is 342 g/mol. The number of hydrogen-bond donors (Lipinski definition) is 2. The second-order valence-corrected chi connectivity index (χ2v) is 5.26. The molecule has 2 aromatic carbocycles. The topological polar surface area (TPSA) is 66.9 Å². The van der Waals surface area contributed by atoms with Crippen LogP contribution in [0.4, 0.5) is 21.6 Å². The molecule has 0 aliphatic rings. The van der Waals surface area contributed by atoms with Gasteiger partial charge in [-0.1, -0.05) is 23.7 Å². The highest BCUT2D eigenvalue weighted by molar-refractivity contribution is 6.33. The summed E-state index contributed by atoms with van der Waals surface area (Å²) >= 11 is 6.08. The van der Waals surface area contributed by atoms with Crippen molar-refractivity contribution in [3.05, 3.63) is 77.5 Å². The first-order valence-corrected chi connectivity index (χ1v) is 7.40. The number of hydrogen-bond acceptors (Lipinski definition) is 4. The number of anilines is 3. The number of para-hydroxylation sites is 1. The van der Waals surface area contributed by atoms with Gasteiger partial charge in [0.25, 0.3) is 5.91 Å². The Morgan fingerprint density at radius 2 is 1.79 bits per heavy atom. The number of carbonyl (C=O) groups is 1. The third-order valence-electron chi connectivity index (χ3n) is 3.14. The lowest BCUT2D eigenvalue weighted by molar-refractivity contribution is 0.102. The number of aromatic nitrogens is 2. The van der Waals surface area contributed by atoms with Crippen LogP contribution in [-0.4, -0.2) is 15.9 Å². The predicted octanol–water partition coefficient (Wildman–Crippen LogP) is 4.27. The van der Waals surface area contributed by atoms with Gasteiger partial charge >= 0.3 is 0 Å². The molecule has 0 saturated carbocycles. The molecule has 0 unspecified atom stereocenters. The maximum atomic E-state index is 12.9. The molecule has 1 amide bonds. The van der Waals surface area contributed by atoms with Crippen molar-refractivity contribution in [3.8, 4) is 0 Å². The van der Waals surface area contributed by atoms with Crippen LogP contribution in [0.25, 0.3) is 0 Å². The Morgan fingerprint density at radius 1 is 1.04 bits per heavy atom. The van der Waals surface area contributed by atoms with Gasteiger partial charge in [0.15, 0.2) is 0 Å². The zero-order valence-electron chi connectivity index (χ0n) is 12.3. The summed E-state index contributed by atoms with van der Waals surface area (Å²) in [6.45, 7) is 0. The minimum atomic E-state index is -0.425. The average molecular weight is 343 g/mol. The molecule has 0 aliphatic heterocycles. The molecule has 3 rings (SSSR count). The number of nitrogens with one attached hydrogen (secondary N) is 2. The summed E-state index contributed by atoms with van der Waals surface area (Å²) in [6, 6.07) is 14.2. The van der Waals surface area contributed by atoms with Crippen molar-refractivity contribution < 1.29 is 9.18 Å². The van der Waals surface area contributed by atoms with Gasteiger partial charge in [0.1, 0.15) is 23.7 Å². The van der Waals surface area contributed by atoms with Crippen molar-refractivity contribution in [2.24, 2.45) is 0 Å². The van der Waals surface area contributed by atoms with Crippen molar-refractivity contribution in [2.75, 3.05) is 10.6 Å². The van der Waals surface area contributed by atoms with Crippen LogP contribution < -0.4 is 10.6 Å². The first-order chi connectivity index (χ1) is 11.6. The molecular formula is C17H12ClFN4O. The predicted molar refractivity (Wildman–Crippen MR) is 91.1 cm³/mol. The maximum absolute atomic E-state index is 12.9. The van der Waals surface area contributed by atoms with Gasteiger partial charge in [-0.3, -0.25) is 4.79 Å². The molecule has 1 aromatic heterocycles. The van der Waals surface area contributed by atoms with Crippen LogP contribution in [0.1, 0.15) is 10.5 Å². The van der Waals surface area contributed by atoms with E-state index in [0.29, 0.717) is 22.2 Å². The first-order valence-electron chi connectivity index (χ1n) is 7.02. The lowest BCUT2D eigenvalue weighted by atomic mass is 10.3. The fraction of sp³-hybridized carbons (Fsp3) is 0. The first kappa shape index (κ1) is 15.9. The Morgan fingerprint density at radius 3 is 2.54 bits per heavy atom.